The summed E-state index contributed by atoms with van der Waals surface area (Å²) in [5.74, 6) is -0.482. The number of hydrogen-bond donors (Lipinski definition) is 1. The lowest BCUT2D eigenvalue weighted by molar-refractivity contribution is -0.385. The van der Waals surface area contributed by atoms with E-state index in [1.807, 2.05) is 0 Å². The molecule has 0 bridgehead atoms. The van der Waals surface area contributed by atoms with Gasteiger partial charge in [0, 0.05) is 15.7 Å². The van der Waals surface area contributed by atoms with Crippen molar-refractivity contribution in [3.63, 3.8) is 0 Å². The molecule has 0 amide bonds. The Labute approximate surface area is 210 Å². The summed E-state index contributed by atoms with van der Waals surface area (Å²) in [5, 5.41) is 25.5. The van der Waals surface area contributed by atoms with Gasteiger partial charge >= 0.3 is 11.6 Å². The third-order valence-electron chi connectivity index (χ3n) is 5.17. The maximum Gasteiger partial charge on any atom is 0.373 e. The van der Waals surface area contributed by atoms with E-state index in [1.54, 1.807) is 73.7 Å². The Hall–Kier alpha value is -4.19. The van der Waals surface area contributed by atoms with E-state index in [1.165, 1.54) is 6.33 Å². The number of halogens is 2. The number of aromatic nitrogens is 2. The molecule has 1 atom stereocenters. The first kappa shape index (κ1) is 24.0. The Morgan fingerprint density at radius 3 is 2.46 bits per heavy atom. The Morgan fingerprint density at radius 2 is 1.80 bits per heavy atom. The van der Waals surface area contributed by atoms with Gasteiger partial charge in [0.1, 0.15) is 12.1 Å². The van der Waals surface area contributed by atoms with Crippen LogP contribution in [-0.4, -0.2) is 14.9 Å². The molecular formula is C25H17Cl2N5O3. The third kappa shape index (κ3) is 5.32. The van der Waals surface area contributed by atoms with Crippen LogP contribution in [0, 0.1) is 28.4 Å². The second kappa shape index (κ2) is 10.4. The number of aryl methyl sites for hydroxylation is 1. The number of anilines is 2. The number of nitrogens with zero attached hydrogens (tertiary/aromatic N) is 4. The molecule has 0 spiro atoms. The van der Waals surface area contributed by atoms with E-state index in [0.29, 0.717) is 32.6 Å². The number of rotatable bonds is 7. The summed E-state index contributed by atoms with van der Waals surface area (Å²) in [6, 6.07) is 21.2. The van der Waals surface area contributed by atoms with E-state index in [9.17, 15) is 15.4 Å². The quantitative estimate of drug-likeness (QED) is 0.208. The van der Waals surface area contributed by atoms with Crippen LogP contribution in [0.25, 0.3) is 0 Å². The van der Waals surface area contributed by atoms with Crippen molar-refractivity contribution in [3.05, 3.63) is 110 Å². The fourth-order valence-corrected chi connectivity index (χ4v) is 3.86. The van der Waals surface area contributed by atoms with Crippen LogP contribution in [-0.2, 0) is 0 Å². The number of nitriles is 1. The zero-order chi connectivity index (χ0) is 24.9. The molecule has 10 heteroatoms. The van der Waals surface area contributed by atoms with Crippen LogP contribution in [0.1, 0.15) is 22.6 Å². The van der Waals surface area contributed by atoms with Crippen molar-refractivity contribution in [1.82, 2.24) is 9.97 Å². The lowest BCUT2D eigenvalue weighted by atomic mass is 9.91. The molecule has 1 unspecified atom stereocenters. The lowest BCUT2D eigenvalue weighted by Gasteiger charge is -2.16. The monoisotopic (exact) mass is 505 g/mol. The summed E-state index contributed by atoms with van der Waals surface area (Å²) < 4.78 is 5.62. The maximum absolute atomic E-state index is 11.9. The fourth-order valence-electron chi connectivity index (χ4n) is 3.46. The highest BCUT2D eigenvalue weighted by Crippen LogP contribution is 2.38. The molecule has 4 aromatic rings. The largest absolute Gasteiger partial charge is 0.434 e. The number of ether oxygens (including phenoxy) is 1. The second-order valence-electron chi connectivity index (χ2n) is 7.48. The van der Waals surface area contributed by atoms with Gasteiger partial charge in [0.2, 0.25) is 5.82 Å². The molecule has 0 aliphatic carbocycles. The van der Waals surface area contributed by atoms with Crippen molar-refractivity contribution in [2.75, 3.05) is 5.32 Å². The maximum atomic E-state index is 11.9. The van der Waals surface area contributed by atoms with E-state index in [0.717, 1.165) is 5.56 Å². The van der Waals surface area contributed by atoms with Crippen LogP contribution in [0.15, 0.2) is 73.1 Å². The highest BCUT2D eigenvalue weighted by atomic mass is 35.5. The highest BCUT2D eigenvalue weighted by molar-refractivity contribution is 6.32. The molecule has 8 nitrogen and oxygen atoms in total. The summed E-state index contributed by atoms with van der Waals surface area (Å²) in [4.78, 5) is 19.2. The van der Waals surface area contributed by atoms with Gasteiger partial charge in [-0.05, 0) is 53.9 Å². The van der Waals surface area contributed by atoms with E-state index in [2.05, 4.69) is 21.4 Å². The normalized spacial score (nSPS) is 11.4. The molecule has 0 saturated carbocycles. The highest BCUT2D eigenvalue weighted by Gasteiger charge is 2.26. The van der Waals surface area contributed by atoms with Gasteiger partial charge in [0.05, 0.1) is 16.9 Å². The Bertz CT molecular complexity index is 1420. The predicted molar refractivity (Wildman–Crippen MR) is 134 cm³/mol. The van der Waals surface area contributed by atoms with Crippen molar-refractivity contribution in [3.8, 4) is 17.7 Å². The number of para-hydroxylation sites is 1. The van der Waals surface area contributed by atoms with Gasteiger partial charge in [-0.15, -0.1) is 0 Å². The van der Waals surface area contributed by atoms with Crippen molar-refractivity contribution in [2.45, 2.75) is 12.8 Å². The molecule has 0 aliphatic heterocycles. The van der Waals surface area contributed by atoms with Crippen LogP contribution in [0.3, 0.4) is 0 Å². The molecule has 0 radical (unpaired) electrons. The minimum atomic E-state index is -0.619. The van der Waals surface area contributed by atoms with Crippen LogP contribution in [0.2, 0.25) is 10.0 Å². The topological polar surface area (TPSA) is 114 Å². The first-order valence-corrected chi connectivity index (χ1v) is 11.1. The first-order chi connectivity index (χ1) is 16.9. The molecule has 1 aromatic heterocycles. The molecule has 1 heterocycles. The molecule has 0 saturated heterocycles. The molecule has 0 fully saturated rings. The molecule has 4 rings (SSSR count). The second-order valence-corrected chi connectivity index (χ2v) is 8.32. The molecule has 0 aliphatic rings. The van der Waals surface area contributed by atoms with Gasteiger partial charge in [-0.3, -0.25) is 10.1 Å². The SMILES string of the molecule is Cc1cc(C(C#N)c2ccc(Cl)cc2)c(Cl)cc1Nc1ncnc(Oc2ccccc2)c1[N+](=O)[O-]. The van der Waals surface area contributed by atoms with Crippen molar-refractivity contribution in [2.24, 2.45) is 0 Å². The molecule has 1 N–H and O–H groups in total. The third-order valence-corrected chi connectivity index (χ3v) is 5.75. The lowest BCUT2D eigenvalue weighted by Crippen LogP contribution is -2.05. The number of nitrogens with one attached hydrogen (secondary N) is 1. The number of hydrogen-bond acceptors (Lipinski definition) is 7. The smallest absolute Gasteiger partial charge is 0.373 e. The Kier molecular flexibility index (Phi) is 7.11. The minimum absolute atomic E-state index is 0.0580. The van der Waals surface area contributed by atoms with E-state index < -0.39 is 16.5 Å². The fraction of sp³-hybridized carbons (Fsp3) is 0.0800. The Balaban J connectivity index is 1.69. The summed E-state index contributed by atoms with van der Waals surface area (Å²) in [7, 11) is 0. The van der Waals surface area contributed by atoms with Gasteiger partial charge in [0.15, 0.2) is 0 Å². The summed E-state index contributed by atoms with van der Waals surface area (Å²) in [5.41, 5.74) is 2.11. The zero-order valence-corrected chi connectivity index (χ0v) is 19.8. The number of benzene rings is 3. The van der Waals surface area contributed by atoms with E-state index in [-0.39, 0.29) is 11.7 Å². The van der Waals surface area contributed by atoms with E-state index in [4.69, 9.17) is 27.9 Å². The van der Waals surface area contributed by atoms with Crippen LogP contribution < -0.4 is 10.1 Å². The molecular weight excluding hydrogens is 489 g/mol. The summed E-state index contributed by atoms with van der Waals surface area (Å²) in [6.07, 6.45) is 1.17. The molecule has 174 valence electrons. The summed E-state index contributed by atoms with van der Waals surface area (Å²) >= 11 is 12.5. The van der Waals surface area contributed by atoms with Gasteiger partial charge in [-0.25, -0.2) is 4.98 Å². The van der Waals surface area contributed by atoms with Gasteiger partial charge in [0.25, 0.3) is 0 Å². The van der Waals surface area contributed by atoms with Crippen molar-refractivity contribution in [1.29, 1.82) is 5.26 Å². The minimum Gasteiger partial charge on any atom is -0.434 e. The molecule has 3 aromatic carbocycles. The van der Waals surface area contributed by atoms with Gasteiger partial charge in [-0.2, -0.15) is 10.2 Å². The number of nitro groups is 1. The van der Waals surface area contributed by atoms with Crippen LogP contribution in [0.4, 0.5) is 17.2 Å². The summed E-state index contributed by atoms with van der Waals surface area (Å²) in [6.45, 7) is 1.80. The van der Waals surface area contributed by atoms with Gasteiger partial charge in [-0.1, -0.05) is 59.6 Å². The average Bonchev–Trinajstić information content (AvgIpc) is 2.84. The van der Waals surface area contributed by atoms with Crippen molar-refractivity contribution < 1.29 is 9.66 Å². The zero-order valence-electron chi connectivity index (χ0n) is 18.3. The first-order valence-electron chi connectivity index (χ1n) is 10.3. The van der Waals surface area contributed by atoms with Gasteiger partial charge < -0.3 is 10.1 Å². The van der Waals surface area contributed by atoms with E-state index >= 15 is 0 Å². The average molecular weight is 506 g/mol. The van der Waals surface area contributed by atoms with Crippen LogP contribution >= 0.6 is 23.2 Å². The van der Waals surface area contributed by atoms with Crippen molar-refractivity contribution >= 4 is 40.4 Å². The van der Waals surface area contributed by atoms with Crippen LogP contribution in [0.5, 0.6) is 11.6 Å². The Morgan fingerprint density at radius 1 is 1.09 bits per heavy atom. The standard InChI is InChI=1S/C25H17Cl2N5O3/c1-15-11-19(20(13-28)16-7-9-17(26)10-8-16)21(27)12-22(15)31-24-23(32(33)34)25(30-14-29-24)35-18-5-3-2-4-6-18/h2-12,14,20H,1H3,(H,29,30,31). The predicted octanol–water partition coefficient (Wildman–Crippen LogP) is 7.19. The molecule has 35 heavy (non-hydrogen) atoms.